The van der Waals surface area contributed by atoms with Gasteiger partial charge in [-0.15, -0.1) is 0 Å². The molecule has 0 saturated carbocycles. The third-order valence-corrected chi connectivity index (χ3v) is 3.59. The molecular weight excluding hydrogens is 459 g/mol. The van der Waals surface area contributed by atoms with Gasteiger partial charge in [-0.25, -0.2) is 4.79 Å². The van der Waals surface area contributed by atoms with Crippen molar-refractivity contribution in [3.8, 4) is 5.75 Å². The van der Waals surface area contributed by atoms with E-state index in [0.717, 1.165) is 5.56 Å². The number of methoxy groups -OCH3 is 1. The first-order valence-corrected chi connectivity index (χ1v) is 8.52. The first-order valence-electron chi connectivity index (χ1n) is 7.44. The second-order valence-corrected chi connectivity index (χ2v) is 7.38. The normalized spacial score (nSPS) is 11.3. The monoisotopic (exact) mass is 480 g/mol. The fourth-order valence-electron chi connectivity index (χ4n) is 2.00. The molecule has 9 nitrogen and oxygen atoms in total. The van der Waals surface area contributed by atoms with Gasteiger partial charge >= 0.3 is 17.9 Å². The van der Waals surface area contributed by atoms with Gasteiger partial charge in [0, 0.05) is 12.1 Å². The van der Waals surface area contributed by atoms with Crippen LogP contribution in [-0.4, -0.2) is 35.9 Å². The molecule has 0 unspecified atom stereocenters. The molecule has 0 spiro atoms. The number of hydrogen-bond acceptors (Lipinski definition) is 7. The lowest BCUT2D eigenvalue weighted by Crippen LogP contribution is -2.38. The summed E-state index contributed by atoms with van der Waals surface area (Å²) in [5, 5.41) is 13.9. The zero-order chi connectivity index (χ0) is 20.5. The van der Waals surface area contributed by atoms with Crippen LogP contribution in [0.2, 0.25) is 0 Å². The van der Waals surface area contributed by atoms with Crippen LogP contribution in [0.15, 0.2) is 12.1 Å². The van der Waals surface area contributed by atoms with Gasteiger partial charge < -0.3 is 14.8 Å². The SMILES string of the molecule is COc1c(I)cc(C[C@@H](C)NC(=O)OC(C)(C)C)cc1[N+](=O)[O-].O=C=O. The van der Waals surface area contributed by atoms with Gasteiger partial charge in [0.2, 0.25) is 5.75 Å². The molecular formula is C16H21IN2O7. The number of halogens is 1. The van der Waals surface area contributed by atoms with Gasteiger partial charge in [-0.2, -0.15) is 9.59 Å². The van der Waals surface area contributed by atoms with Crippen molar-refractivity contribution in [2.45, 2.75) is 45.8 Å². The zero-order valence-electron chi connectivity index (χ0n) is 15.1. The Bertz CT molecular complexity index is 680. The van der Waals surface area contributed by atoms with E-state index in [2.05, 4.69) is 5.32 Å². The predicted octanol–water partition coefficient (Wildman–Crippen LogP) is 3.08. The van der Waals surface area contributed by atoms with E-state index in [9.17, 15) is 14.9 Å². The van der Waals surface area contributed by atoms with E-state index in [-0.39, 0.29) is 23.6 Å². The van der Waals surface area contributed by atoms with E-state index >= 15 is 0 Å². The molecule has 0 heterocycles. The van der Waals surface area contributed by atoms with Crippen LogP contribution in [0.25, 0.3) is 0 Å². The van der Waals surface area contributed by atoms with Gasteiger partial charge in [-0.05, 0) is 68.3 Å². The number of nitrogens with one attached hydrogen (secondary N) is 1. The Balaban J connectivity index is 0.00000194. The van der Waals surface area contributed by atoms with Crippen LogP contribution < -0.4 is 10.1 Å². The molecule has 0 aliphatic carbocycles. The van der Waals surface area contributed by atoms with Gasteiger partial charge in [0.25, 0.3) is 0 Å². The molecule has 0 radical (unpaired) electrons. The minimum atomic E-state index is -0.571. The zero-order valence-corrected chi connectivity index (χ0v) is 17.3. The number of carbonyl (C=O) groups excluding carboxylic acids is 3. The highest BCUT2D eigenvalue weighted by atomic mass is 127. The van der Waals surface area contributed by atoms with Crippen molar-refractivity contribution in [1.29, 1.82) is 0 Å². The maximum absolute atomic E-state index is 11.7. The number of nitrogens with zero attached hydrogens (tertiary/aromatic N) is 1. The lowest BCUT2D eigenvalue weighted by molar-refractivity contribution is -0.385. The first-order chi connectivity index (χ1) is 11.9. The smallest absolute Gasteiger partial charge is 0.407 e. The van der Waals surface area contributed by atoms with Crippen LogP contribution in [0, 0.1) is 13.7 Å². The lowest BCUT2D eigenvalue weighted by atomic mass is 10.1. The average molecular weight is 480 g/mol. The van der Waals surface area contributed by atoms with Crippen LogP contribution in [-0.2, 0) is 20.7 Å². The maximum Gasteiger partial charge on any atom is 0.407 e. The third-order valence-electron chi connectivity index (χ3n) is 2.79. The molecule has 0 aliphatic heterocycles. The molecule has 1 atom stereocenters. The molecule has 1 aromatic rings. The Morgan fingerprint density at radius 2 is 1.92 bits per heavy atom. The maximum atomic E-state index is 11.7. The molecule has 0 saturated heterocycles. The molecule has 26 heavy (non-hydrogen) atoms. The van der Waals surface area contributed by atoms with Crippen LogP contribution in [0.5, 0.6) is 5.75 Å². The Morgan fingerprint density at radius 3 is 2.35 bits per heavy atom. The highest BCUT2D eigenvalue weighted by Gasteiger charge is 2.21. The summed E-state index contributed by atoms with van der Waals surface area (Å²) >= 11 is 1.99. The summed E-state index contributed by atoms with van der Waals surface area (Å²) in [5.74, 6) is 0.243. The summed E-state index contributed by atoms with van der Waals surface area (Å²) in [6, 6.07) is 3.04. The Hall–Kier alpha value is -2.20. The Kier molecular flexibility index (Phi) is 9.81. The molecule has 0 aromatic heterocycles. The van der Waals surface area contributed by atoms with Crippen LogP contribution >= 0.6 is 22.6 Å². The molecule has 1 N–H and O–H groups in total. The third kappa shape index (κ3) is 8.77. The number of amides is 1. The second kappa shape index (κ2) is 10.7. The van der Waals surface area contributed by atoms with Crippen LogP contribution in [0.4, 0.5) is 10.5 Å². The molecule has 10 heteroatoms. The minimum absolute atomic E-state index is 0.0844. The number of ether oxygens (including phenoxy) is 2. The number of alkyl carbamates (subject to hydrolysis) is 1. The number of nitro benzene ring substituents is 1. The summed E-state index contributed by atoms with van der Waals surface area (Å²) in [6.07, 6.45) is 0.183. The molecule has 144 valence electrons. The largest absolute Gasteiger partial charge is 0.489 e. The molecule has 1 amide bonds. The summed E-state index contributed by atoms with van der Waals surface area (Å²) in [6.45, 7) is 7.16. The quantitative estimate of drug-likeness (QED) is 0.390. The molecule has 0 fully saturated rings. The molecule has 0 aliphatic rings. The molecule has 0 bridgehead atoms. The van der Waals surface area contributed by atoms with Crippen LogP contribution in [0.3, 0.4) is 0 Å². The number of nitro groups is 1. The summed E-state index contributed by atoms with van der Waals surface area (Å²) in [7, 11) is 1.40. The van der Waals surface area contributed by atoms with Crippen molar-refractivity contribution in [1.82, 2.24) is 5.32 Å². The number of hydrogen-bond donors (Lipinski definition) is 1. The fourth-order valence-corrected chi connectivity index (χ4v) is 2.90. The summed E-state index contributed by atoms with van der Waals surface area (Å²) in [5.41, 5.74) is 0.0854. The number of benzene rings is 1. The van der Waals surface area contributed by atoms with Crippen molar-refractivity contribution in [2.24, 2.45) is 0 Å². The van der Waals surface area contributed by atoms with E-state index in [1.165, 1.54) is 13.2 Å². The minimum Gasteiger partial charge on any atom is -0.489 e. The Labute approximate surface area is 164 Å². The van der Waals surface area contributed by atoms with E-state index in [4.69, 9.17) is 19.1 Å². The van der Waals surface area contributed by atoms with Crippen molar-refractivity contribution >= 4 is 40.5 Å². The van der Waals surface area contributed by atoms with Crippen LogP contribution in [0.1, 0.15) is 33.3 Å². The fraction of sp³-hybridized carbons (Fsp3) is 0.500. The van der Waals surface area contributed by atoms with E-state index < -0.39 is 16.6 Å². The van der Waals surface area contributed by atoms with Gasteiger partial charge in [-0.1, -0.05) is 0 Å². The number of carbonyl (C=O) groups is 1. The van der Waals surface area contributed by atoms with Crippen molar-refractivity contribution in [3.05, 3.63) is 31.4 Å². The highest BCUT2D eigenvalue weighted by Crippen LogP contribution is 2.33. The van der Waals surface area contributed by atoms with E-state index in [1.807, 2.05) is 29.5 Å². The van der Waals surface area contributed by atoms with Crippen molar-refractivity contribution in [3.63, 3.8) is 0 Å². The lowest BCUT2D eigenvalue weighted by Gasteiger charge is -2.22. The highest BCUT2D eigenvalue weighted by molar-refractivity contribution is 14.1. The Morgan fingerprint density at radius 1 is 1.38 bits per heavy atom. The average Bonchev–Trinajstić information content (AvgIpc) is 2.44. The van der Waals surface area contributed by atoms with Gasteiger partial charge in [0.1, 0.15) is 5.60 Å². The van der Waals surface area contributed by atoms with Gasteiger partial charge in [0.05, 0.1) is 15.6 Å². The van der Waals surface area contributed by atoms with Gasteiger partial charge in [0.15, 0.2) is 0 Å². The number of rotatable bonds is 5. The predicted molar refractivity (Wildman–Crippen MR) is 99.9 cm³/mol. The van der Waals surface area contributed by atoms with E-state index in [1.54, 1.807) is 26.8 Å². The van der Waals surface area contributed by atoms with Crippen molar-refractivity contribution < 1.29 is 28.8 Å². The standard InChI is InChI=1S/C15H21IN2O5.CO2/c1-9(17-14(19)23-15(2,3)4)6-10-7-11(16)13(22-5)12(8-10)18(20)21;2-1-3/h7-9H,6H2,1-5H3,(H,17,19);/t9-;/m1./s1. The van der Waals surface area contributed by atoms with Crippen molar-refractivity contribution in [2.75, 3.05) is 7.11 Å². The molecule has 1 rings (SSSR count). The topological polar surface area (TPSA) is 125 Å². The first kappa shape index (κ1) is 23.8. The summed E-state index contributed by atoms with van der Waals surface area (Å²) < 4.78 is 10.9. The second-order valence-electron chi connectivity index (χ2n) is 6.22. The van der Waals surface area contributed by atoms with E-state index in [0.29, 0.717) is 9.99 Å². The van der Waals surface area contributed by atoms with Gasteiger partial charge in [-0.3, -0.25) is 10.1 Å². The molecule has 1 aromatic carbocycles. The summed E-state index contributed by atoms with van der Waals surface area (Å²) in [4.78, 5) is 38.7.